The second-order valence-corrected chi connectivity index (χ2v) is 4.01. The molecule has 2 aromatic rings. The first-order valence-corrected chi connectivity index (χ1v) is 5.56. The zero-order chi connectivity index (χ0) is 12.3. The fourth-order valence-electron chi connectivity index (χ4n) is 1.37. The quantitative estimate of drug-likeness (QED) is 0.876. The lowest BCUT2D eigenvalue weighted by Gasteiger charge is -2.05. The molecule has 0 bridgehead atoms. The summed E-state index contributed by atoms with van der Waals surface area (Å²) >= 11 is 6.00. The maximum absolute atomic E-state index is 6.00. The molecule has 2 aromatic heterocycles. The summed E-state index contributed by atoms with van der Waals surface area (Å²) in [5, 5.41) is 10.4. The topological polar surface area (TPSA) is 62.8 Å². The second-order valence-electron chi connectivity index (χ2n) is 3.60. The molecule has 0 saturated carbocycles. The van der Waals surface area contributed by atoms with Crippen LogP contribution in [0.3, 0.4) is 0 Å². The Bertz CT molecular complexity index is 512. The second kappa shape index (κ2) is 5.16. The minimum absolute atomic E-state index is 0.478. The molecule has 6 heteroatoms. The smallest absolute Gasteiger partial charge is 0.240 e. The van der Waals surface area contributed by atoms with Crippen LogP contribution >= 0.6 is 11.6 Å². The molecule has 0 radical (unpaired) electrons. The van der Waals surface area contributed by atoms with Crippen molar-refractivity contribution < 1.29 is 4.74 Å². The van der Waals surface area contributed by atoms with Crippen molar-refractivity contribution in [2.75, 3.05) is 7.05 Å². The standard InChI is InChI=1S/C11H13ClN4O/c1-7-5-11(16-15-7)17-10-4-3-8(12)9(14-10)6-13-2/h3-5,13H,6H2,1-2H3,(H,15,16). The number of aryl methyl sites for hydroxylation is 1. The number of nitrogens with zero attached hydrogens (tertiary/aromatic N) is 2. The summed E-state index contributed by atoms with van der Waals surface area (Å²) in [6.45, 7) is 2.50. The van der Waals surface area contributed by atoms with E-state index in [-0.39, 0.29) is 0 Å². The molecule has 2 rings (SSSR count). The molecule has 0 aliphatic heterocycles. The lowest BCUT2D eigenvalue weighted by atomic mass is 10.3. The maximum Gasteiger partial charge on any atom is 0.240 e. The minimum atomic E-state index is 0.478. The van der Waals surface area contributed by atoms with Gasteiger partial charge in [-0.1, -0.05) is 11.6 Å². The van der Waals surface area contributed by atoms with E-state index < -0.39 is 0 Å². The molecule has 0 aliphatic rings. The van der Waals surface area contributed by atoms with E-state index in [4.69, 9.17) is 16.3 Å². The summed E-state index contributed by atoms with van der Waals surface area (Å²) < 4.78 is 5.50. The molecule has 0 aliphatic carbocycles. The number of nitrogens with one attached hydrogen (secondary N) is 2. The van der Waals surface area contributed by atoms with Crippen molar-refractivity contribution >= 4 is 11.6 Å². The van der Waals surface area contributed by atoms with Gasteiger partial charge in [0.25, 0.3) is 0 Å². The molecule has 0 saturated heterocycles. The van der Waals surface area contributed by atoms with E-state index in [9.17, 15) is 0 Å². The number of pyridine rings is 1. The highest BCUT2D eigenvalue weighted by atomic mass is 35.5. The van der Waals surface area contributed by atoms with Crippen molar-refractivity contribution in [1.82, 2.24) is 20.5 Å². The molecular formula is C11H13ClN4O. The van der Waals surface area contributed by atoms with Crippen LogP contribution in [0, 0.1) is 6.92 Å². The number of hydrogen-bond acceptors (Lipinski definition) is 4. The first-order valence-electron chi connectivity index (χ1n) is 5.19. The summed E-state index contributed by atoms with van der Waals surface area (Å²) in [7, 11) is 1.84. The number of H-pyrrole nitrogens is 1. The molecule has 0 unspecified atom stereocenters. The van der Waals surface area contributed by atoms with E-state index in [1.165, 1.54) is 0 Å². The Morgan fingerprint density at radius 1 is 1.41 bits per heavy atom. The molecule has 2 heterocycles. The van der Waals surface area contributed by atoms with Crippen LogP contribution in [0.5, 0.6) is 11.8 Å². The maximum atomic E-state index is 6.00. The first kappa shape index (κ1) is 11.9. The van der Waals surface area contributed by atoms with E-state index in [1.54, 1.807) is 18.2 Å². The van der Waals surface area contributed by atoms with Crippen LogP contribution in [-0.4, -0.2) is 22.2 Å². The largest absolute Gasteiger partial charge is 0.419 e. The number of halogens is 1. The molecular weight excluding hydrogens is 240 g/mol. The van der Waals surface area contributed by atoms with Gasteiger partial charge >= 0.3 is 0 Å². The third-order valence-electron chi connectivity index (χ3n) is 2.13. The molecule has 0 fully saturated rings. The van der Waals surface area contributed by atoms with Crippen LogP contribution < -0.4 is 10.1 Å². The van der Waals surface area contributed by atoms with Gasteiger partial charge in [-0.3, -0.25) is 5.10 Å². The first-order chi connectivity index (χ1) is 8.19. The fraction of sp³-hybridized carbons (Fsp3) is 0.273. The van der Waals surface area contributed by atoms with Crippen molar-refractivity contribution in [2.24, 2.45) is 0 Å². The van der Waals surface area contributed by atoms with Crippen molar-refractivity contribution in [3.8, 4) is 11.8 Å². The zero-order valence-electron chi connectivity index (χ0n) is 9.62. The highest BCUT2D eigenvalue weighted by molar-refractivity contribution is 6.31. The van der Waals surface area contributed by atoms with Crippen molar-refractivity contribution in [3.63, 3.8) is 0 Å². The van der Waals surface area contributed by atoms with Crippen LogP contribution in [0.25, 0.3) is 0 Å². The lowest BCUT2D eigenvalue weighted by Crippen LogP contribution is -2.07. The monoisotopic (exact) mass is 252 g/mol. The fourth-order valence-corrected chi connectivity index (χ4v) is 1.54. The van der Waals surface area contributed by atoms with Crippen molar-refractivity contribution in [2.45, 2.75) is 13.5 Å². The highest BCUT2D eigenvalue weighted by Gasteiger charge is 2.06. The van der Waals surface area contributed by atoms with Gasteiger partial charge in [0.1, 0.15) is 0 Å². The van der Waals surface area contributed by atoms with Gasteiger partial charge in [0, 0.05) is 24.4 Å². The Kier molecular flexibility index (Phi) is 3.61. The van der Waals surface area contributed by atoms with Gasteiger partial charge in [-0.05, 0) is 20.0 Å². The van der Waals surface area contributed by atoms with Gasteiger partial charge < -0.3 is 10.1 Å². The van der Waals surface area contributed by atoms with E-state index >= 15 is 0 Å². The van der Waals surface area contributed by atoms with Gasteiger partial charge in [0.15, 0.2) is 0 Å². The lowest BCUT2D eigenvalue weighted by molar-refractivity contribution is 0.441. The third kappa shape index (κ3) is 2.95. The number of aromatic amines is 1. The Hall–Kier alpha value is -1.59. The SMILES string of the molecule is CNCc1nc(Oc2cc(C)[nH]n2)ccc1Cl. The molecule has 17 heavy (non-hydrogen) atoms. The molecule has 5 nitrogen and oxygen atoms in total. The van der Waals surface area contributed by atoms with Crippen LogP contribution in [0.2, 0.25) is 5.02 Å². The Morgan fingerprint density at radius 2 is 2.24 bits per heavy atom. The zero-order valence-corrected chi connectivity index (χ0v) is 10.4. The van der Waals surface area contributed by atoms with Crippen molar-refractivity contribution in [1.29, 1.82) is 0 Å². The average Bonchev–Trinajstić information content (AvgIpc) is 2.69. The Morgan fingerprint density at radius 3 is 2.88 bits per heavy atom. The summed E-state index contributed by atoms with van der Waals surface area (Å²) in [6.07, 6.45) is 0. The van der Waals surface area contributed by atoms with Crippen LogP contribution in [-0.2, 0) is 6.54 Å². The summed E-state index contributed by atoms with van der Waals surface area (Å²) in [6, 6.07) is 5.27. The summed E-state index contributed by atoms with van der Waals surface area (Å²) in [4.78, 5) is 4.30. The van der Waals surface area contributed by atoms with E-state index in [0.29, 0.717) is 23.3 Å². The van der Waals surface area contributed by atoms with Crippen LogP contribution in [0.1, 0.15) is 11.4 Å². The Balaban J connectivity index is 2.18. The molecule has 0 amide bonds. The number of ether oxygens (including phenoxy) is 1. The van der Waals surface area contributed by atoms with E-state index in [2.05, 4.69) is 20.5 Å². The summed E-state index contributed by atoms with van der Waals surface area (Å²) in [5.41, 5.74) is 1.68. The van der Waals surface area contributed by atoms with Gasteiger partial charge in [-0.2, -0.15) is 0 Å². The minimum Gasteiger partial charge on any atom is -0.419 e. The van der Waals surface area contributed by atoms with Crippen LogP contribution in [0.4, 0.5) is 0 Å². The average molecular weight is 253 g/mol. The highest BCUT2D eigenvalue weighted by Crippen LogP contribution is 2.22. The summed E-state index contributed by atoms with van der Waals surface area (Å²) in [5.74, 6) is 0.971. The third-order valence-corrected chi connectivity index (χ3v) is 2.47. The number of hydrogen-bond donors (Lipinski definition) is 2. The molecule has 0 atom stereocenters. The van der Waals surface area contributed by atoms with E-state index in [1.807, 2.05) is 14.0 Å². The van der Waals surface area contributed by atoms with Gasteiger partial charge in [0.05, 0.1) is 10.7 Å². The normalized spacial score (nSPS) is 10.5. The van der Waals surface area contributed by atoms with Gasteiger partial charge in [-0.25, -0.2) is 4.98 Å². The van der Waals surface area contributed by atoms with Gasteiger partial charge in [0.2, 0.25) is 11.8 Å². The molecule has 0 spiro atoms. The van der Waals surface area contributed by atoms with Crippen LogP contribution in [0.15, 0.2) is 18.2 Å². The molecule has 90 valence electrons. The van der Waals surface area contributed by atoms with E-state index in [0.717, 1.165) is 11.4 Å². The Labute approximate surface area is 104 Å². The van der Waals surface area contributed by atoms with Gasteiger partial charge in [-0.15, -0.1) is 5.10 Å². The molecule has 2 N–H and O–H groups in total. The number of aromatic nitrogens is 3. The predicted molar refractivity (Wildman–Crippen MR) is 65.4 cm³/mol. The molecule has 0 aromatic carbocycles. The number of rotatable bonds is 4. The predicted octanol–water partition coefficient (Wildman–Crippen LogP) is 2.28. The van der Waals surface area contributed by atoms with Crippen molar-refractivity contribution in [3.05, 3.63) is 34.6 Å².